The minimum atomic E-state index is -0.874. The molecule has 0 saturated heterocycles. The number of benzene rings is 2. The van der Waals surface area contributed by atoms with E-state index in [1.54, 1.807) is 17.8 Å². The highest BCUT2D eigenvalue weighted by molar-refractivity contribution is 7.99. The molecule has 0 saturated carbocycles. The van der Waals surface area contributed by atoms with Gasteiger partial charge in [0.2, 0.25) is 0 Å². The van der Waals surface area contributed by atoms with E-state index in [1.807, 2.05) is 48.5 Å². The zero-order valence-electron chi connectivity index (χ0n) is 11.0. The topological polar surface area (TPSA) is 37.3 Å². The molecule has 0 amide bonds. The number of aliphatic carboxylic acids is 1. The lowest BCUT2D eigenvalue weighted by Gasteiger charge is -2.03. The van der Waals surface area contributed by atoms with Crippen LogP contribution in [0, 0.1) is 0 Å². The van der Waals surface area contributed by atoms with E-state index < -0.39 is 5.97 Å². The Morgan fingerprint density at radius 2 is 1.60 bits per heavy atom. The van der Waals surface area contributed by atoms with Crippen molar-refractivity contribution in [2.24, 2.45) is 0 Å². The first-order valence-corrected chi connectivity index (χ1v) is 7.42. The van der Waals surface area contributed by atoms with E-state index in [4.69, 9.17) is 0 Å². The molecule has 0 aliphatic rings. The second kappa shape index (κ2) is 7.56. The molecule has 0 spiro atoms. The molecule has 0 fully saturated rings. The first kappa shape index (κ1) is 14.4. The smallest absolute Gasteiger partial charge is 0.335 e. The van der Waals surface area contributed by atoms with Crippen LogP contribution in [0.1, 0.15) is 12.0 Å². The van der Waals surface area contributed by atoms with Crippen molar-refractivity contribution in [1.82, 2.24) is 0 Å². The van der Waals surface area contributed by atoms with Crippen LogP contribution in [0.3, 0.4) is 0 Å². The summed E-state index contributed by atoms with van der Waals surface area (Å²) in [5.41, 5.74) is 1.13. The van der Waals surface area contributed by atoms with Crippen molar-refractivity contribution >= 4 is 23.3 Å². The molecule has 2 aromatic carbocycles. The van der Waals surface area contributed by atoms with Gasteiger partial charge in [-0.1, -0.05) is 54.6 Å². The van der Waals surface area contributed by atoms with Crippen molar-refractivity contribution in [3.63, 3.8) is 0 Å². The summed E-state index contributed by atoms with van der Waals surface area (Å²) in [5.74, 6) is -0.00548. The molecule has 3 heteroatoms. The Balaban J connectivity index is 1.96. The quantitative estimate of drug-likeness (QED) is 0.487. The van der Waals surface area contributed by atoms with E-state index in [2.05, 4.69) is 12.1 Å². The molecule has 0 aromatic heterocycles. The third-order valence-electron chi connectivity index (χ3n) is 2.79. The highest BCUT2D eigenvalue weighted by atomic mass is 32.2. The van der Waals surface area contributed by atoms with Crippen molar-refractivity contribution in [1.29, 1.82) is 0 Å². The van der Waals surface area contributed by atoms with Crippen molar-refractivity contribution in [2.45, 2.75) is 11.3 Å². The normalized spacial score (nSPS) is 11.3. The molecular formula is C17H16O2S. The molecule has 0 atom stereocenters. The third kappa shape index (κ3) is 4.28. The number of allylic oxidation sites excluding steroid dienone is 1. The van der Waals surface area contributed by atoms with Crippen LogP contribution in [0.2, 0.25) is 0 Å². The molecule has 20 heavy (non-hydrogen) atoms. The van der Waals surface area contributed by atoms with Gasteiger partial charge in [-0.05, 0) is 24.1 Å². The largest absolute Gasteiger partial charge is 0.478 e. The zero-order chi connectivity index (χ0) is 14.2. The molecule has 0 aliphatic carbocycles. The van der Waals surface area contributed by atoms with Gasteiger partial charge in [0, 0.05) is 10.6 Å². The fraction of sp³-hybridized carbons (Fsp3) is 0.118. The Hall–Kier alpha value is -2.00. The molecule has 102 valence electrons. The molecular weight excluding hydrogens is 268 g/mol. The molecule has 1 N–H and O–H groups in total. The van der Waals surface area contributed by atoms with Gasteiger partial charge in [0.25, 0.3) is 0 Å². The lowest BCUT2D eigenvalue weighted by Crippen LogP contribution is -1.99. The monoisotopic (exact) mass is 284 g/mol. The van der Waals surface area contributed by atoms with Crippen LogP contribution < -0.4 is 0 Å². The van der Waals surface area contributed by atoms with Crippen LogP contribution in [-0.4, -0.2) is 16.8 Å². The minimum Gasteiger partial charge on any atom is -0.478 e. The number of rotatable bonds is 6. The average Bonchev–Trinajstić information content (AvgIpc) is 2.49. The molecule has 0 unspecified atom stereocenters. The standard InChI is InChI=1S/C17H16O2S/c18-17(19)16(14-8-3-1-4-9-14)12-7-13-20-15-10-5-2-6-11-15/h1-6,8-12H,7,13H2,(H,18,19). The van der Waals surface area contributed by atoms with E-state index in [-0.39, 0.29) is 0 Å². The summed E-state index contributed by atoms with van der Waals surface area (Å²) in [6, 6.07) is 19.4. The highest BCUT2D eigenvalue weighted by Gasteiger charge is 2.08. The number of hydrogen-bond donors (Lipinski definition) is 1. The molecule has 2 rings (SSSR count). The van der Waals surface area contributed by atoms with Crippen molar-refractivity contribution in [3.05, 3.63) is 72.3 Å². The van der Waals surface area contributed by atoms with Crippen LogP contribution in [0.25, 0.3) is 5.57 Å². The lowest BCUT2D eigenvalue weighted by atomic mass is 10.1. The molecule has 0 bridgehead atoms. The van der Waals surface area contributed by atoms with Gasteiger partial charge in [0.1, 0.15) is 0 Å². The first-order valence-electron chi connectivity index (χ1n) is 6.44. The zero-order valence-corrected chi connectivity index (χ0v) is 11.8. The number of carboxylic acids is 1. The van der Waals surface area contributed by atoms with E-state index in [1.165, 1.54) is 4.90 Å². The predicted molar refractivity (Wildman–Crippen MR) is 83.8 cm³/mol. The Morgan fingerprint density at radius 3 is 2.20 bits per heavy atom. The number of hydrogen-bond acceptors (Lipinski definition) is 2. The van der Waals surface area contributed by atoms with Gasteiger partial charge in [0.05, 0.1) is 5.57 Å². The van der Waals surface area contributed by atoms with Crippen molar-refractivity contribution in [2.75, 3.05) is 5.75 Å². The summed E-state index contributed by atoms with van der Waals surface area (Å²) in [5, 5.41) is 9.27. The van der Waals surface area contributed by atoms with Crippen LogP contribution in [0.4, 0.5) is 0 Å². The Morgan fingerprint density at radius 1 is 1.00 bits per heavy atom. The first-order chi connectivity index (χ1) is 9.77. The third-order valence-corrected chi connectivity index (χ3v) is 3.84. The SMILES string of the molecule is O=C(O)C(=CCCSc1ccccc1)c1ccccc1. The average molecular weight is 284 g/mol. The number of thioether (sulfide) groups is 1. The molecule has 0 radical (unpaired) electrons. The molecule has 0 heterocycles. The van der Waals surface area contributed by atoms with Gasteiger partial charge in [-0.3, -0.25) is 0 Å². The maximum absolute atomic E-state index is 11.3. The fourth-order valence-electron chi connectivity index (χ4n) is 1.84. The van der Waals surface area contributed by atoms with E-state index >= 15 is 0 Å². The molecule has 2 nitrogen and oxygen atoms in total. The Bertz CT molecular complexity index is 576. The predicted octanol–water partition coefficient (Wildman–Crippen LogP) is 4.34. The summed E-state index contributed by atoms with van der Waals surface area (Å²) < 4.78 is 0. The van der Waals surface area contributed by atoms with Crippen LogP contribution >= 0.6 is 11.8 Å². The summed E-state index contributed by atoms with van der Waals surface area (Å²) in [4.78, 5) is 12.5. The molecule has 0 aliphatic heterocycles. The van der Waals surface area contributed by atoms with Crippen molar-refractivity contribution < 1.29 is 9.90 Å². The highest BCUT2D eigenvalue weighted by Crippen LogP contribution is 2.20. The van der Waals surface area contributed by atoms with Gasteiger partial charge in [-0.25, -0.2) is 4.79 Å². The van der Waals surface area contributed by atoms with Crippen LogP contribution in [-0.2, 0) is 4.79 Å². The van der Waals surface area contributed by atoms with Crippen LogP contribution in [0.5, 0.6) is 0 Å². The number of carbonyl (C=O) groups is 1. The lowest BCUT2D eigenvalue weighted by molar-refractivity contribution is -0.130. The summed E-state index contributed by atoms with van der Waals surface area (Å²) >= 11 is 1.73. The maximum Gasteiger partial charge on any atom is 0.335 e. The van der Waals surface area contributed by atoms with Gasteiger partial charge < -0.3 is 5.11 Å². The summed E-state index contributed by atoms with van der Waals surface area (Å²) in [6.45, 7) is 0. The van der Waals surface area contributed by atoms with E-state index in [9.17, 15) is 9.90 Å². The fourth-order valence-corrected chi connectivity index (χ4v) is 2.66. The van der Waals surface area contributed by atoms with Crippen LogP contribution in [0.15, 0.2) is 71.6 Å². The second-order valence-electron chi connectivity index (χ2n) is 4.24. The second-order valence-corrected chi connectivity index (χ2v) is 5.41. The Labute approximate surface area is 123 Å². The summed E-state index contributed by atoms with van der Waals surface area (Å²) in [6.07, 6.45) is 2.53. The van der Waals surface area contributed by atoms with E-state index in [0.717, 1.165) is 17.7 Å². The van der Waals surface area contributed by atoms with Gasteiger partial charge in [-0.2, -0.15) is 0 Å². The Kier molecular flexibility index (Phi) is 5.44. The molecule has 2 aromatic rings. The van der Waals surface area contributed by atoms with Gasteiger partial charge in [-0.15, -0.1) is 11.8 Å². The van der Waals surface area contributed by atoms with E-state index in [0.29, 0.717) is 5.57 Å². The van der Waals surface area contributed by atoms with Gasteiger partial charge in [0.15, 0.2) is 0 Å². The summed E-state index contributed by atoms with van der Waals surface area (Å²) in [7, 11) is 0. The maximum atomic E-state index is 11.3. The minimum absolute atomic E-state index is 0.374. The van der Waals surface area contributed by atoms with Gasteiger partial charge >= 0.3 is 5.97 Å². The number of carboxylic acid groups (broad SMARTS) is 1. The van der Waals surface area contributed by atoms with Crippen molar-refractivity contribution in [3.8, 4) is 0 Å².